The molecule has 0 saturated heterocycles. The van der Waals surface area contributed by atoms with Crippen molar-refractivity contribution in [2.45, 2.75) is 27.3 Å². The minimum absolute atomic E-state index is 0.00246. The van der Waals surface area contributed by atoms with Crippen LogP contribution in [0.15, 0.2) is 24.3 Å². The molecule has 1 atom stereocenters. The van der Waals surface area contributed by atoms with Crippen LogP contribution in [0.2, 0.25) is 5.02 Å². The summed E-state index contributed by atoms with van der Waals surface area (Å²) in [6.07, 6.45) is 0. The van der Waals surface area contributed by atoms with E-state index < -0.39 is 0 Å². The van der Waals surface area contributed by atoms with Gasteiger partial charge in [-0.2, -0.15) is 0 Å². The number of aryl methyl sites for hydroxylation is 1. The van der Waals surface area contributed by atoms with E-state index in [1.165, 1.54) is 6.92 Å². The summed E-state index contributed by atoms with van der Waals surface area (Å²) >= 11 is 6.16. The molecule has 122 valence electrons. The Morgan fingerprint density at radius 3 is 2.43 bits per heavy atom. The van der Waals surface area contributed by atoms with Crippen molar-refractivity contribution >= 4 is 23.2 Å². The summed E-state index contributed by atoms with van der Waals surface area (Å²) in [4.78, 5) is 28.3. The number of Topliss-reactive ketones (excluding diaryl/α,β-unsaturated/α-hetero) is 2. The number of benzene rings is 1. The Hall–Kier alpha value is -1.91. The van der Waals surface area contributed by atoms with E-state index in [0.29, 0.717) is 29.4 Å². The maximum atomic E-state index is 12.5. The van der Waals surface area contributed by atoms with Gasteiger partial charge in [0, 0.05) is 21.8 Å². The molecule has 23 heavy (non-hydrogen) atoms. The topological polar surface area (TPSA) is 54.4 Å². The molecule has 1 aromatic carbocycles. The van der Waals surface area contributed by atoms with Crippen molar-refractivity contribution in [3.63, 3.8) is 0 Å². The van der Waals surface area contributed by atoms with Crippen molar-refractivity contribution < 1.29 is 14.5 Å². The Morgan fingerprint density at radius 2 is 1.87 bits per heavy atom. The van der Waals surface area contributed by atoms with Gasteiger partial charge in [-0.25, -0.2) is 0 Å². The van der Waals surface area contributed by atoms with Crippen LogP contribution in [0.5, 0.6) is 0 Å². The third-order valence-electron chi connectivity index (χ3n) is 3.98. The number of aromatic nitrogens is 1. The second-order valence-corrected chi connectivity index (χ2v) is 6.41. The summed E-state index contributed by atoms with van der Waals surface area (Å²) in [5.74, 6) is -0.0188. The maximum Gasteiger partial charge on any atom is 0.233 e. The highest BCUT2D eigenvalue weighted by Gasteiger charge is 2.22. The normalized spacial score (nSPS) is 12.2. The molecule has 2 rings (SSSR count). The minimum Gasteiger partial charge on any atom is -0.355 e. The van der Waals surface area contributed by atoms with Gasteiger partial charge in [0.15, 0.2) is 5.78 Å². The average Bonchev–Trinajstić information content (AvgIpc) is 2.76. The number of hydrogen-bond acceptors (Lipinski definition) is 2. The molecule has 1 aromatic heterocycles. The van der Waals surface area contributed by atoms with Gasteiger partial charge < -0.3 is 9.88 Å². The van der Waals surface area contributed by atoms with Crippen LogP contribution in [0.4, 0.5) is 0 Å². The standard InChI is InChI=1S/C18H21ClN2O2/c1-11-17(13(3)22)12(2)20-18(11)16(23)10-21(4)9-14-7-5-6-8-15(14)19/h5-8,20H,9-10H2,1-4H3/p+1. The highest BCUT2D eigenvalue weighted by Crippen LogP contribution is 2.18. The third-order valence-corrected chi connectivity index (χ3v) is 4.35. The summed E-state index contributed by atoms with van der Waals surface area (Å²) in [5.41, 5.74) is 3.67. The van der Waals surface area contributed by atoms with Crippen molar-refractivity contribution in [1.82, 2.24) is 4.98 Å². The third kappa shape index (κ3) is 3.89. The Balaban J connectivity index is 2.12. The Morgan fingerprint density at radius 1 is 1.22 bits per heavy atom. The molecule has 1 unspecified atom stereocenters. The molecule has 0 spiro atoms. The van der Waals surface area contributed by atoms with Gasteiger partial charge in [-0.1, -0.05) is 29.8 Å². The molecular weight excluding hydrogens is 312 g/mol. The van der Waals surface area contributed by atoms with Crippen LogP contribution in [0.1, 0.15) is 44.6 Å². The van der Waals surface area contributed by atoms with Crippen LogP contribution in [-0.4, -0.2) is 30.1 Å². The van der Waals surface area contributed by atoms with Gasteiger partial charge in [0.1, 0.15) is 13.1 Å². The minimum atomic E-state index is -0.0212. The highest BCUT2D eigenvalue weighted by molar-refractivity contribution is 6.31. The predicted molar refractivity (Wildman–Crippen MR) is 91.5 cm³/mol. The second kappa shape index (κ2) is 7.11. The average molecular weight is 334 g/mol. The molecule has 0 aliphatic carbocycles. The zero-order valence-electron chi connectivity index (χ0n) is 13.9. The Kier molecular flexibility index (Phi) is 5.39. The van der Waals surface area contributed by atoms with Crippen LogP contribution in [0.3, 0.4) is 0 Å². The summed E-state index contributed by atoms with van der Waals surface area (Å²) in [6, 6.07) is 7.65. The summed E-state index contributed by atoms with van der Waals surface area (Å²) in [6.45, 7) is 6.16. The summed E-state index contributed by atoms with van der Waals surface area (Å²) in [7, 11) is 1.96. The highest BCUT2D eigenvalue weighted by atomic mass is 35.5. The molecule has 0 saturated carbocycles. The summed E-state index contributed by atoms with van der Waals surface area (Å²) < 4.78 is 0. The molecule has 0 amide bonds. The molecule has 0 aliphatic rings. The van der Waals surface area contributed by atoms with Gasteiger partial charge in [0.05, 0.1) is 12.7 Å². The fourth-order valence-corrected chi connectivity index (χ4v) is 3.15. The van der Waals surface area contributed by atoms with Crippen molar-refractivity contribution in [3.8, 4) is 0 Å². The number of halogens is 1. The molecule has 1 heterocycles. The molecule has 0 aliphatic heterocycles. The smallest absolute Gasteiger partial charge is 0.233 e. The van der Waals surface area contributed by atoms with Gasteiger partial charge in [-0.05, 0) is 32.4 Å². The van der Waals surface area contributed by atoms with Gasteiger partial charge >= 0.3 is 0 Å². The lowest BCUT2D eigenvalue weighted by molar-refractivity contribution is -0.884. The van der Waals surface area contributed by atoms with Gasteiger partial charge in [-0.3, -0.25) is 9.59 Å². The first kappa shape index (κ1) is 17.4. The molecule has 2 N–H and O–H groups in total. The summed E-state index contributed by atoms with van der Waals surface area (Å²) in [5, 5.41) is 0.713. The number of hydrogen-bond donors (Lipinski definition) is 2. The maximum absolute atomic E-state index is 12.5. The van der Waals surface area contributed by atoms with E-state index in [-0.39, 0.29) is 11.6 Å². The Labute approximate surface area is 141 Å². The van der Waals surface area contributed by atoms with Gasteiger partial charge in [0.2, 0.25) is 5.78 Å². The second-order valence-electron chi connectivity index (χ2n) is 6.01. The van der Waals surface area contributed by atoms with Crippen molar-refractivity contribution in [3.05, 3.63) is 57.4 Å². The molecule has 5 heteroatoms. The van der Waals surface area contributed by atoms with Crippen LogP contribution in [0, 0.1) is 13.8 Å². The predicted octanol–water partition coefficient (Wildman–Crippen LogP) is 2.39. The van der Waals surface area contributed by atoms with Crippen molar-refractivity contribution in [1.29, 1.82) is 0 Å². The number of carbonyl (C=O) groups is 2. The number of ketones is 2. The van der Waals surface area contributed by atoms with Crippen LogP contribution in [0.25, 0.3) is 0 Å². The molecule has 2 aromatic rings. The lowest BCUT2D eigenvalue weighted by atomic mass is 10.1. The van der Waals surface area contributed by atoms with E-state index in [9.17, 15) is 9.59 Å². The number of aromatic amines is 1. The first-order valence-electron chi connectivity index (χ1n) is 7.59. The Bertz CT molecular complexity index is 749. The fraction of sp³-hybridized carbons (Fsp3) is 0.333. The lowest BCUT2D eigenvalue weighted by Crippen LogP contribution is -3.08. The van der Waals surface area contributed by atoms with Crippen molar-refractivity contribution in [2.24, 2.45) is 0 Å². The van der Waals surface area contributed by atoms with E-state index in [4.69, 9.17) is 11.6 Å². The molecule has 4 nitrogen and oxygen atoms in total. The van der Waals surface area contributed by atoms with E-state index in [2.05, 4.69) is 4.98 Å². The van der Waals surface area contributed by atoms with Crippen LogP contribution >= 0.6 is 11.6 Å². The fourth-order valence-electron chi connectivity index (χ4n) is 2.95. The number of H-pyrrole nitrogens is 1. The van der Waals surface area contributed by atoms with E-state index in [1.807, 2.05) is 45.2 Å². The number of rotatable bonds is 6. The molecule has 0 bridgehead atoms. The quantitative estimate of drug-likeness (QED) is 0.797. The molecular formula is C18H22ClN2O2+. The van der Waals surface area contributed by atoms with E-state index in [1.54, 1.807) is 0 Å². The lowest BCUT2D eigenvalue weighted by Gasteiger charge is -2.14. The number of nitrogens with one attached hydrogen (secondary N) is 2. The van der Waals surface area contributed by atoms with Gasteiger partial charge in [-0.15, -0.1) is 0 Å². The van der Waals surface area contributed by atoms with E-state index >= 15 is 0 Å². The van der Waals surface area contributed by atoms with E-state index in [0.717, 1.165) is 21.7 Å². The SMILES string of the molecule is CC(=O)c1c(C)[nH]c(C(=O)C[NH+](C)Cc2ccccc2Cl)c1C. The van der Waals surface area contributed by atoms with Crippen LogP contribution in [-0.2, 0) is 6.54 Å². The van der Waals surface area contributed by atoms with Gasteiger partial charge in [0.25, 0.3) is 0 Å². The number of carbonyl (C=O) groups excluding carboxylic acids is 2. The zero-order chi connectivity index (χ0) is 17.1. The largest absolute Gasteiger partial charge is 0.355 e. The first-order chi connectivity index (χ1) is 10.8. The first-order valence-corrected chi connectivity index (χ1v) is 7.97. The molecule has 0 radical (unpaired) electrons. The monoisotopic (exact) mass is 333 g/mol. The number of likely N-dealkylation sites (N-methyl/N-ethyl adjacent to an activating group) is 1. The number of quaternary nitrogens is 1. The zero-order valence-corrected chi connectivity index (χ0v) is 14.7. The van der Waals surface area contributed by atoms with Crippen molar-refractivity contribution in [2.75, 3.05) is 13.6 Å². The molecule has 0 fully saturated rings. The van der Waals surface area contributed by atoms with Crippen LogP contribution < -0.4 is 4.90 Å².